The lowest BCUT2D eigenvalue weighted by Crippen LogP contribution is -2.31. The molecular formula is C17H28N2O. The van der Waals surface area contributed by atoms with E-state index in [1.165, 1.54) is 12.0 Å². The Morgan fingerprint density at radius 2 is 2.00 bits per heavy atom. The molecular weight excluding hydrogens is 248 g/mol. The molecule has 1 aromatic rings. The predicted molar refractivity (Wildman–Crippen MR) is 83.8 cm³/mol. The van der Waals surface area contributed by atoms with E-state index in [9.17, 15) is 0 Å². The number of hydrogen-bond donors (Lipinski definition) is 1. The molecule has 0 radical (unpaired) electrons. The molecule has 1 fully saturated rings. The van der Waals surface area contributed by atoms with Gasteiger partial charge in [0.2, 0.25) is 0 Å². The summed E-state index contributed by atoms with van der Waals surface area (Å²) in [5.74, 6) is 1.53. The molecule has 0 amide bonds. The molecule has 2 rings (SSSR count). The summed E-state index contributed by atoms with van der Waals surface area (Å²) in [6.45, 7) is 11.4. The Balaban J connectivity index is 1.85. The molecule has 1 atom stereocenters. The summed E-state index contributed by atoms with van der Waals surface area (Å²) in [7, 11) is 0. The highest BCUT2D eigenvalue weighted by Crippen LogP contribution is 2.29. The van der Waals surface area contributed by atoms with Gasteiger partial charge in [-0.2, -0.15) is 0 Å². The topological polar surface area (TPSA) is 38.5 Å². The molecule has 2 N–H and O–H groups in total. The smallest absolute Gasteiger partial charge is 0.119 e. The van der Waals surface area contributed by atoms with Crippen molar-refractivity contribution < 1.29 is 4.74 Å². The van der Waals surface area contributed by atoms with Gasteiger partial charge < -0.3 is 10.5 Å². The minimum atomic E-state index is 0.306. The molecule has 1 saturated heterocycles. The van der Waals surface area contributed by atoms with Gasteiger partial charge in [0.25, 0.3) is 0 Å². The first kappa shape index (κ1) is 15.3. The molecule has 20 heavy (non-hydrogen) atoms. The molecule has 0 saturated carbocycles. The summed E-state index contributed by atoms with van der Waals surface area (Å²) in [4.78, 5) is 2.50. The third-order valence-corrected chi connectivity index (χ3v) is 4.04. The van der Waals surface area contributed by atoms with Crippen LogP contribution in [-0.2, 0) is 6.54 Å². The molecule has 1 aromatic carbocycles. The maximum Gasteiger partial charge on any atom is 0.119 e. The Morgan fingerprint density at radius 3 is 2.55 bits per heavy atom. The Hall–Kier alpha value is -1.06. The number of benzene rings is 1. The maximum absolute atomic E-state index is 5.86. The summed E-state index contributed by atoms with van der Waals surface area (Å²) >= 11 is 0. The van der Waals surface area contributed by atoms with Crippen LogP contribution in [0.1, 0.15) is 32.8 Å². The highest BCUT2D eigenvalue weighted by Gasteiger charge is 2.32. The van der Waals surface area contributed by atoms with E-state index in [0.29, 0.717) is 11.3 Å². The molecule has 1 unspecified atom stereocenters. The first-order valence-electron chi connectivity index (χ1n) is 7.65. The highest BCUT2D eigenvalue weighted by atomic mass is 16.5. The number of ether oxygens (including phenoxy) is 1. The van der Waals surface area contributed by atoms with E-state index in [4.69, 9.17) is 10.5 Å². The fourth-order valence-electron chi connectivity index (χ4n) is 2.64. The summed E-state index contributed by atoms with van der Waals surface area (Å²) in [5, 5.41) is 0. The van der Waals surface area contributed by atoms with Crippen molar-refractivity contribution >= 4 is 0 Å². The molecule has 112 valence electrons. The van der Waals surface area contributed by atoms with Gasteiger partial charge in [0.15, 0.2) is 0 Å². The summed E-state index contributed by atoms with van der Waals surface area (Å²) in [6, 6.07) is 8.51. The van der Waals surface area contributed by atoms with Crippen molar-refractivity contribution in [2.24, 2.45) is 17.1 Å². The van der Waals surface area contributed by atoms with Gasteiger partial charge in [0.05, 0.1) is 6.61 Å². The third kappa shape index (κ3) is 4.22. The van der Waals surface area contributed by atoms with Gasteiger partial charge in [-0.3, -0.25) is 4.90 Å². The van der Waals surface area contributed by atoms with Crippen LogP contribution in [0.3, 0.4) is 0 Å². The Labute approximate surface area is 123 Å². The summed E-state index contributed by atoms with van der Waals surface area (Å²) in [6.07, 6.45) is 1.21. The summed E-state index contributed by atoms with van der Waals surface area (Å²) < 4.78 is 5.71. The lowest BCUT2D eigenvalue weighted by Gasteiger charge is -2.22. The lowest BCUT2D eigenvalue weighted by atomic mass is 9.90. The van der Waals surface area contributed by atoms with Crippen LogP contribution in [0.4, 0.5) is 0 Å². The average molecular weight is 276 g/mol. The number of likely N-dealkylation sites (tertiary alicyclic amines) is 1. The van der Waals surface area contributed by atoms with Gasteiger partial charge in [0, 0.05) is 13.1 Å². The van der Waals surface area contributed by atoms with Gasteiger partial charge in [0.1, 0.15) is 5.75 Å². The zero-order valence-corrected chi connectivity index (χ0v) is 13.1. The Bertz CT molecular complexity index is 416. The lowest BCUT2D eigenvalue weighted by molar-refractivity contribution is 0.269. The molecule has 0 aromatic heterocycles. The summed E-state index contributed by atoms with van der Waals surface area (Å²) in [5.41, 5.74) is 7.51. The van der Waals surface area contributed by atoms with E-state index in [1.54, 1.807) is 0 Å². The van der Waals surface area contributed by atoms with E-state index < -0.39 is 0 Å². The van der Waals surface area contributed by atoms with Gasteiger partial charge in [-0.1, -0.05) is 32.9 Å². The van der Waals surface area contributed by atoms with Crippen LogP contribution in [0.5, 0.6) is 5.75 Å². The van der Waals surface area contributed by atoms with Crippen LogP contribution >= 0.6 is 0 Å². The van der Waals surface area contributed by atoms with Crippen LogP contribution in [0, 0.1) is 11.3 Å². The fourth-order valence-corrected chi connectivity index (χ4v) is 2.64. The Kier molecular flexibility index (Phi) is 5.06. The second kappa shape index (κ2) is 6.59. The largest absolute Gasteiger partial charge is 0.493 e. The van der Waals surface area contributed by atoms with Gasteiger partial charge in [-0.15, -0.1) is 0 Å². The third-order valence-electron chi connectivity index (χ3n) is 4.04. The van der Waals surface area contributed by atoms with Crippen LogP contribution in [0.2, 0.25) is 0 Å². The standard InChI is InChI=1S/C17H28N2O/c1-14(2)11-20-16-6-4-15(5-7-16)10-19-9-8-17(3,12-18)13-19/h4-7,14H,8-13,18H2,1-3H3. The van der Waals surface area contributed by atoms with Crippen molar-refractivity contribution in [1.29, 1.82) is 0 Å². The quantitative estimate of drug-likeness (QED) is 0.868. The molecule has 3 nitrogen and oxygen atoms in total. The minimum Gasteiger partial charge on any atom is -0.493 e. The maximum atomic E-state index is 5.86. The molecule has 0 spiro atoms. The van der Waals surface area contributed by atoms with E-state index >= 15 is 0 Å². The number of nitrogens with two attached hydrogens (primary N) is 1. The second-order valence-corrected chi connectivity index (χ2v) is 6.82. The van der Waals surface area contributed by atoms with Crippen molar-refractivity contribution in [3.63, 3.8) is 0 Å². The van der Waals surface area contributed by atoms with Gasteiger partial charge >= 0.3 is 0 Å². The number of hydrogen-bond acceptors (Lipinski definition) is 3. The van der Waals surface area contributed by atoms with Crippen molar-refractivity contribution in [1.82, 2.24) is 4.90 Å². The van der Waals surface area contributed by atoms with Crippen LogP contribution < -0.4 is 10.5 Å². The van der Waals surface area contributed by atoms with Crippen molar-refractivity contribution in [2.75, 3.05) is 26.2 Å². The van der Waals surface area contributed by atoms with E-state index in [1.807, 2.05) is 0 Å². The van der Waals surface area contributed by atoms with Crippen LogP contribution in [-0.4, -0.2) is 31.1 Å². The van der Waals surface area contributed by atoms with Gasteiger partial charge in [-0.05, 0) is 48.5 Å². The average Bonchev–Trinajstić information content (AvgIpc) is 2.80. The minimum absolute atomic E-state index is 0.306. The van der Waals surface area contributed by atoms with Crippen LogP contribution in [0.25, 0.3) is 0 Å². The zero-order valence-electron chi connectivity index (χ0n) is 13.1. The normalized spacial score (nSPS) is 23.4. The first-order chi connectivity index (χ1) is 9.50. The zero-order chi connectivity index (χ0) is 14.6. The van der Waals surface area contributed by atoms with Crippen molar-refractivity contribution in [3.8, 4) is 5.75 Å². The van der Waals surface area contributed by atoms with Crippen molar-refractivity contribution in [2.45, 2.75) is 33.7 Å². The van der Waals surface area contributed by atoms with E-state index in [-0.39, 0.29) is 0 Å². The predicted octanol–water partition coefficient (Wildman–Crippen LogP) is 2.89. The van der Waals surface area contributed by atoms with Crippen LogP contribution in [0.15, 0.2) is 24.3 Å². The van der Waals surface area contributed by atoms with Crippen molar-refractivity contribution in [3.05, 3.63) is 29.8 Å². The fraction of sp³-hybridized carbons (Fsp3) is 0.647. The molecule has 1 heterocycles. The molecule has 3 heteroatoms. The Morgan fingerprint density at radius 1 is 1.30 bits per heavy atom. The second-order valence-electron chi connectivity index (χ2n) is 6.82. The monoisotopic (exact) mass is 276 g/mol. The molecule has 0 aliphatic carbocycles. The van der Waals surface area contributed by atoms with E-state index in [0.717, 1.165) is 38.5 Å². The molecule has 1 aliphatic rings. The SMILES string of the molecule is CC(C)COc1ccc(CN2CCC(C)(CN)C2)cc1. The molecule has 0 bridgehead atoms. The van der Waals surface area contributed by atoms with E-state index in [2.05, 4.69) is 49.9 Å². The number of rotatable bonds is 6. The number of nitrogens with zero attached hydrogens (tertiary/aromatic N) is 1. The highest BCUT2D eigenvalue weighted by molar-refractivity contribution is 5.27. The van der Waals surface area contributed by atoms with Gasteiger partial charge in [-0.25, -0.2) is 0 Å². The first-order valence-corrected chi connectivity index (χ1v) is 7.65. The molecule has 1 aliphatic heterocycles.